The molecule has 2 aromatic rings. The molecule has 0 atom stereocenters. The lowest BCUT2D eigenvalue weighted by Gasteiger charge is -2.12. The van der Waals surface area contributed by atoms with E-state index in [1.165, 1.54) is 30.3 Å². The summed E-state index contributed by atoms with van der Waals surface area (Å²) in [6, 6.07) is 9.25. The van der Waals surface area contributed by atoms with Gasteiger partial charge in [0.1, 0.15) is 11.5 Å². The van der Waals surface area contributed by atoms with Crippen LogP contribution in [0.15, 0.2) is 48.5 Å². The van der Waals surface area contributed by atoms with Crippen LogP contribution in [0.5, 0.6) is 11.5 Å². The lowest BCUT2D eigenvalue weighted by atomic mass is 10.2. The second kappa shape index (κ2) is 9.71. The molecule has 11 heteroatoms. The number of carbonyl (C=O) groups excluding carboxylic acids is 2. The second-order valence-corrected chi connectivity index (χ2v) is 5.40. The summed E-state index contributed by atoms with van der Waals surface area (Å²) in [6.45, 7) is -4.60. The van der Waals surface area contributed by atoms with E-state index in [-0.39, 0.29) is 17.2 Å². The number of hydrogen-bond acceptors (Lipinski definition) is 5. The summed E-state index contributed by atoms with van der Waals surface area (Å²) >= 11 is 0. The molecule has 0 spiro atoms. The molecular formula is C18H14F5NO5. The molecule has 0 fully saturated rings. The van der Waals surface area contributed by atoms with Crippen LogP contribution in [0.2, 0.25) is 0 Å². The van der Waals surface area contributed by atoms with Crippen molar-refractivity contribution < 1.29 is 45.8 Å². The van der Waals surface area contributed by atoms with Crippen molar-refractivity contribution in [3.63, 3.8) is 0 Å². The third-order valence-electron chi connectivity index (χ3n) is 3.26. The molecule has 0 saturated carbocycles. The smallest absolute Gasteiger partial charge is 0.416 e. The average molecular weight is 419 g/mol. The van der Waals surface area contributed by atoms with Gasteiger partial charge in [-0.05, 0) is 30.3 Å². The van der Waals surface area contributed by atoms with Gasteiger partial charge in [0.15, 0.2) is 13.2 Å². The number of rotatable bonds is 8. The Morgan fingerprint density at radius 2 is 1.72 bits per heavy atom. The van der Waals surface area contributed by atoms with Crippen molar-refractivity contribution in [2.75, 3.05) is 18.5 Å². The van der Waals surface area contributed by atoms with E-state index < -0.39 is 43.4 Å². The standard InChI is InChI=1S/C18H14F5NO5/c19-17(20)29-14-7-2-1-6-13(14)24-15(25)9-28-16(26)10-27-12-5-3-4-11(8-12)18(21,22)23/h1-8,17H,9-10H2,(H,24,25). The van der Waals surface area contributed by atoms with Crippen molar-refractivity contribution in [3.8, 4) is 11.5 Å². The Kier molecular flexibility index (Phi) is 7.34. The van der Waals surface area contributed by atoms with Crippen molar-refractivity contribution >= 4 is 17.6 Å². The molecule has 6 nitrogen and oxygen atoms in total. The first-order valence-electron chi connectivity index (χ1n) is 7.94. The summed E-state index contributed by atoms with van der Waals surface area (Å²) in [5, 5.41) is 2.23. The zero-order valence-corrected chi connectivity index (χ0v) is 14.5. The quantitative estimate of drug-likeness (QED) is 0.520. The van der Waals surface area contributed by atoms with Gasteiger partial charge in [-0.3, -0.25) is 4.79 Å². The second-order valence-electron chi connectivity index (χ2n) is 5.40. The molecule has 1 amide bonds. The van der Waals surface area contributed by atoms with Gasteiger partial charge in [0, 0.05) is 0 Å². The monoisotopic (exact) mass is 419 g/mol. The van der Waals surface area contributed by atoms with Crippen molar-refractivity contribution in [1.82, 2.24) is 0 Å². The summed E-state index contributed by atoms with van der Waals surface area (Å²) < 4.78 is 76.3. The molecule has 2 rings (SSSR count). The molecule has 29 heavy (non-hydrogen) atoms. The fraction of sp³-hybridized carbons (Fsp3) is 0.222. The SMILES string of the molecule is O=C(COC(=O)COc1cccc(C(F)(F)F)c1)Nc1ccccc1OC(F)F. The predicted octanol–water partition coefficient (Wildman–Crippen LogP) is 3.87. The van der Waals surface area contributed by atoms with Crippen LogP contribution >= 0.6 is 0 Å². The fourth-order valence-electron chi connectivity index (χ4n) is 2.05. The number of nitrogens with one attached hydrogen (secondary N) is 1. The number of halogens is 5. The van der Waals surface area contributed by atoms with Crippen LogP contribution in [0, 0.1) is 0 Å². The van der Waals surface area contributed by atoms with Crippen LogP contribution in [0.25, 0.3) is 0 Å². The van der Waals surface area contributed by atoms with Gasteiger partial charge < -0.3 is 19.5 Å². The molecule has 0 saturated heterocycles. The summed E-state index contributed by atoms with van der Waals surface area (Å²) in [4.78, 5) is 23.4. The molecule has 0 heterocycles. The lowest BCUT2D eigenvalue weighted by Crippen LogP contribution is -2.24. The maximum atomic E-state index is 12.6. The largest absolute Gasteiger partial charge is 0.482 e. The Hall–Kier alpha value is -3.37. The van der Waals surface area contributed by atoms with E-state index in [2.05, 4.69) is 14.8 Å². The molecule has 0 aliphatic rings. The van der Waals surface area contributed by atoms with Crippen LogP contribution in [0.1, 0.15) is 5.56 Å². The maximum Gasteiger partial charge on any atom is 0.416 e. The van der Waals surface area contributed by atoms with Gasteiger partial charge in [-0.1, -0.05) is 18.2 Å². The lowest BCUT2D eigenvalue weighted by molar-refractivity contribution is -0.149. The first-order chi connectivity index (χ1) is 13.6. The van der Waals surface area contributed by atoms with Gasteiger partial charge in [0.2, 0.25) is 0 Å². The van der Waals surface area contributed by atoms with Gasteiger partial charge in [-0.15, -0.1) is 0 Å². The predicted molar refractivity (Wildman–Crippen MR) is 89.6 cm³/mol. The third-order valence-corrected chi connectivity index (χ3v) is 3.26. The molecular weight excluding hydrogens is 405 g/mol. The zero-order valence-electron chi connectivity index (χ0n) is 14.5. The summed E-state index contributed by atoms with van der Waals surface area (Å²) in [7, 11) is 0. The van der Waals surface area contributed by atoms with Crippen LogP contribution in [-0.2, 0) is 20.5 Å². The number of alkyl halides is 5. The van der Waals surface area contributed by atoms with Crippen molar-refractivity contribution in [2.24, 2.45) is 0 Å². The van der Waals surface area contributed by atoms with Crippen molar-refractivity contribution in [1.29, 1.82) is 0 Å². The first kappa shape index (κ1) is 21.9. The van der Waals surface area contributed by atoms with Crippen LogP contribution in [0.3, 0.4) is 0 Å². The molecule has 156 valence electrons. The Labute approximate surface area is 161 Å². The Morgan fingerprint density at radius 3 is 2.41 bits per heavy atom. The van der Waals surface area contributed by atoms with E-state index in [4.69, 9.17) is 4.74 Å². The topological polar surface area (TPSA) is 73.9 Å². The van der Waals surface area contributed by atoms with Gasteiger partial charge in [-0.2, -0.15) is 22.0 Å². The van der Waals surface area contributed by atoms with Crippen LogP contribution in [-0.4, -0.2) is 31.7 Å². The van der Waals surface area contributed by atoms with Crippen LogP contribution < -0.4 is 14.8 Å². The molecule has 2 aromatic carbocycles. The number of esters is 1. The number of ether oxygens (including phenoxy) is 3. The summed E-state index contributed by atoms with van der Waals surface area (Å²) in [5.74, 6) is -2.35. The Morgan fingerprint density at radius 1 is 1.00 bits per heavy atom. The normalized spacial score (nSPS) is 11.1. The summed E-state index contributed by atoms with van der Waals surface area (Å²) in [5.41, 5.74) is -1.01. The first-order valence-corrected chi connectivity index (χ1v) is 7.94. The van der Waals surface area contributed by atoms with E-state index in [1.807, 2.05) is 0 Å². The number of anilines is 1. The van der Waals surface area contributed by atoms with Gasteiger partial charge in [-0.25, -0.2) is 4.79 Å². The number of carbonyl (C=O) groups is 2. The van der Waals surface area contributed by atoms with Gasteiger partial charge in [0.05, 0.1) is 11.3 Å². The van der Waals surface area contributed by atoms with E-state index >= 15 is 0 Å². The molecule has 0 aliphatic carbocycles. The van der Waals surface area contributed by atoms with Crippen LogP contribution in [0.4, 0.5) is 27.6 Å². The Bertz CT molecular complexity index is 857. The molecule has 0 aromatic heterocycles. The number of benzene rings is 2. The number of amides is 1. The fourth-order valence-corrected chi connectivity index (χ4v) is 2.05. The van der Waals surface area contributed by atoms with E-state index in [0.29, 0.717) is 6.07 Å². The Balaban J connectivity index is 1.82. The number of para-hydroxylation sites is 2. The highest BCUT2D eigenvalue weighted by atomic mass is 19.4. The summed E-state index contributed by atoms with van der Waals surface area (Å²) in [6.07, 6.45) is -4.57. The molecule has 1 N–H and O–H groups in total. The minimum absolute atomic E-state index is 0.0611. The van der Waals surface area contributed by atoms with E-state index in [9.17, 15) is 31.5 Å². The highest BCUT2D eigenvalue weighted by Gasteiger charge is 2.30. The minimum atomic E-state index is -4.57. The number of hydrogen-bond donors (Lipinski definition) is 1. The van der Waals surface area contributed by atoms with Gasteiger partial charge in [0.25, 0.3) is 5.91 Å². The molecule has 0 aliphatic heterocycles. The highest BCUT2D eigenvalue weighted by molar-refractivity contribution is 5.94. The molecule has 0 bridgehead atoms. The van der Waals surface area contributed by atoms with Crippen molar-refractivity contribution in [3.05, 3.63) is 54.1 Å². The van der Waals surface area contributed by atoms with Crippen molar-refractivity contribution in [2.45, 2.75) is 12.8 Å². The third kappa shape index (κ3) is 7.28. The van der Waals surface area contributed by atoms with Gasteiger partial charge >= 0.3 is 18.8 Å². The maximum absolute atomic E-state index is 12.6. The van der Waals surface area contributed by atoms with E-state index in [0.717, 1.165) is 12.1 Å². The zero-order chi connectivity index (χ0) is 21.4. The average Bonchev–Trinajstić information content (AvgIpc) is 2.65. The molecule has 0 unspecified atom stereocenters. The van der Waals surface area contributed by atoms with E-state index in [1.54, 1.807) is 0 Å². The minimum Gasteiger partial charge on any atom is -0.482 e. The highest BCUT2D eigenvalue weighted by Crippen LogP contribution is 2.31. The molecule has 0 radical (unpaired) electrons.